The van der Waals surface area contributed by atoms with Gasteiger partial charge in [-0.2, -0.15) is 0 Å². The molecule has 0 aromatic heterocycles. The molecule has 128 valence electrons. The first-order valence-electron chi connectivity index (χ1n) is 8.18. The van der Waals surface area contributed by atoms with Crippen LogP contribution in [-0.2, 0) is 9.59 Å². The average molecular weight is 331 g/mol. The van der Waals surface area contributed by atoms with Gasteiger partial charge in [0, 0.05) is 31.7 Å². The molecule has 24 heavy (non-hydrogen) atoms. The Morgan fingerprint density at radius 3 is 2.42 bits per heavy atom. The summed E-state index contributed by atoms with van der Waals surface area (Å²) >= 11 is 0. The molecule has 3 amide bonds. The van der Waals surface area contributed by atoms with E-state index in [1.807, 2.05) is 30.3 Å². The molecule has 2 aliphatic rings. The van der Waals surface area contributed by atoms with Crippen molar-refractivity contribution < 1.29 is 19.5 Å². The lowest BCUT2D eigenvalue weighted by atomic mass is 9.97. The number of rotatable bonds is 3. The molecule has 1 aromatic carbocycles. The summed E-state index contributed by atoms with van der Waals surface area (Å²) in [6.45, 7) is 1.33. The second-order valence-corrected chi connectivity index (χ2v) is 6.29. The number of carbonyl (C=O) groups is 3. The molecule has 2 fully saturated rings. The fourth-order valence-electron chi connectivity index (χ4n) is 3.26. The van der Waals surface area contributed by atoms with Crippen molar-refractivity contribution in [3.63, 3.8) is 0 Å². The Bertz CT molecular complexity index is 626. The maximum atomic E-state index is 12.3. The van der Waals surface area contributed by atoms with E-state index in [0.717, 1.165) is 5.69 Å². The normalized spacial score (nSPS) is 21.8. The highest BCUT2D eigenvalue weighted by atomic mass is 16.4. The minimum atomic E-state index is -0.796. The highest BCUT2D eigenvalue weighted by Gasteiger charge is 2.33. The zero-order valence-electron chi connectivity index (χ0n) is 13.4. The predicted molar refractivity (Wildman–Crippen MR) is 87.7 cm³/mol. The van der Waals surface area contributed by atoms with E-state index in [2.05, 4.69) is 5.32 Å². The van der Waals surface area contributed by atoms with Crippen LogP contribution in [0.5, 0.6) is 0 Å². The van der Waals surface area contributed by atoms with Gasteiger partial charge in [-0.05, 0) is 25.0 Å². The van der Waals surface area contributed by atoms with Crippen LogP contribution in [0.15, 0.2) is 30.3 Å². The first-order chi connectivity index (χ1) is 11.5. The fraction of sp³-hybridized carbons (Fsp3) is 0.471. The minimum Gasteiger partial charge on any atom is -0.481 e. The molecule has 1 unspecified atom stereocenters. The third-order valence-electron chi connectivity index (χ3n) is 4.65. The molecule has 7 nitrogen and oxygen atoms in total. The Kier molecular flexibility index (Phi) is 4.69. The number of urea groups is 1. The van der Waals surface area contributed by atoms with E-state index in [-0.39, 0.29) is 30.3 Å². The summed E-state index contributed by atoms with van der Waals surface area (Å²) in [7, 11) is 0. The van der Waals surface area contributed by atoms with E-state index in [9.17, 15) is 14.4 Å². The molecule has 7 heteroatoms. The molecule has 1 atom stereocenters. The van der Waals surface area contributed by atoms with Crippen molar-refractivity contribution in [3.8, 4) is 0 Å². The van der Waals surface area contributed by atoms with Crippen molar-refractivity contribution in [2.75, 3.05) is 24.5 Å². The largest absolute Gasteiger partial charge is 0.481 e. The van der Waals surface area contributed by atoms with E-state index >= 15 is 0 Å². The summed E-state index contributed by atoms with van der Waals surface area (Å²) in [6, 6.07) is 8.96. The number of hydrogen-bond acceptors (Lipinski definition) is 3. The van der Waals surface area contributed by atoms with Gasteiger partial charge in [-0.3, -0.25) is 9.59 Å². The van der Waals surface area contributed by atoms with Gasteiger partial charge in [-0.25, -0.2) is 4.79 Å². The number of aliphatic carboxylic acids is 1. The van der Waals surface area contributed by atoms with E-state index in [4.69, 9.17) is 5.11 Å². The lowest BCUT2D eigenvalue weighted by Gasteiger charge is -2.31. The predicted octanol–water partition coefficient (Wildman–Crippen LogP) is 1.30. The maximum absolute atomic E-state index is 12.3. The van der Waals surface area contributed by atoms with Crippen molar-refractivity contribution in [1.82, 2.24) is 10.2 Å². The highest BCUT2D eigenvalue weighted by molar-refractivity contribution is 5.96. The summed E-state index contributed by atoms with van der Waals surface area (Å²) in [5.41, 5.74) is 0.835. The summed E-state index contributed by atoms with van der Waals surface area (Å²) in [5, 5.41) is 11.9. The lowest BCUT2D eigenvalue weighted by Crippen LogP contribution is -2.49. The number of para-hydroxylation sites is 1. The zero-order chi connectivity index (χ0) is 17.1. The molecule has 0 spiro atoms. The van der Waals surface area contributed by atoms with E-state index in [1.54, 1.807) is 9.80 Å². The van der Waals surface area contributed by atoms with E-state index < -0.39 is 5.97 Å². The van der Waals surface area contributed by atoms with Gasteiger partial charge in [0.15, 0.2) is 0 Å². The molecule has 2 aliphatic heterocycles. The number of hydrogen-bond donors (Lipinski definition) is 2. The fourth-order valence-corrected chi connectivity index (χ4v) is 3.26. The lowest BCUT2D eigenvalue weighted by molar-refractivity contribution is -0.143. The molecular formula is C17H21N3O4. The van der Waals surface area contributed by atoms with Gasteiger partial charge in [-0.1, -0.05) is 18.2 Å². The monoisotopic (exact) mass is 331 g/mol. The minimum absolute atomic E-state index is 0.00362. The van der Waals surface area contributed by atoms with Crippen LogP contribution < -0.4 is 10.2 Å². The second kappa shape index (κ2) is 6.90. The van der Waals surface area contributed by atoms with Gasteiger partial charge in [0.25, 0.3) is 0 Å². The van der Waals surface area contributed by atoms with Crippen LogP contribution in [0.3, 0.4) is 0 Å². The summed E-state index contributed by atoms with van der Waals surface area (Å²) in [4.78, 5) is 38.7. The second-order valence-electron chi connectivity index (χ2n) is 6.29. The highest BCUT2D eigenvalue weighted by Crippen LogP contribution is 2.22. The SMILES string of the molecule is O=C(O)C1CCN(C(=O)NC2CC(=O)N(c3ccccc3)C2)CC1. The van der Waals surface area contributed by atoms with Crippen LogP contribution in [-0.4, -0.2) is 53.6 Å². The number of amides is 3. The van der Waals surface area contributed by atoms with Crippen LogP contribution in [0.1, 0.15) is 19.3 Å². The van der Waals surface area contributed by atoms with Gasteiger partial charge in [0.05, 0.1) is 12.0 Å². The molecule has 0 aliphatic carbocycles. The van der Waals surface area contributed by atoms with Crippen molar-refractivity contribution in [1.29, 1.82) is 0 Å². The van der Waals surface area contributed by atoms with Gasteiger partial charge in [0.1, 0.15) is 0 Å². The molecule has 2 N–H and O–H groups in total. The molecular weight excluding hydrogens is 310 g/mol. The summed E-state index contributed by atoms with van der Waals surface area (Å²) < 4.78 is 0. The summed E-state index contributed by atoms with van der Waals surface area (Å²) in [5.74, 6) is -1.17. The van der Waals surface area contributed by atoms with Crippen LogP contribution >= 0.6 is 0 Å². The van der Waals surface area contributed by atoms with Crippen LogP contribution in [0, 0.1) is 5.92 Å². The number of carbonyl (C=O) groups excluding carboxylic acids is 2. The maximum Gasteiger partial charge on any atom is 0.317 e. The number of piperidine rings is 1. The van der Waals surface area contributed by atoms with Crippen LogP contribution in [0.2, 0.25) is 0 Å². The molecule has 0 radical (unpaired) electrons. The molecule has 0 bridgehead atoms. The Morgan fingerprint density at radius 1 is 1.12 bits per heavy atom. The van der Waals surface area contributed by atoms with Gasteiger partial charge >= 0.3 is 12.0 Å². The van der Waals surface area contributed by atoms with Gasteiger partial charge in [0.2, 0.25) is 5.91 Å². The number of benzene rings is 1. The Hall–Kier alpha value is -2.57. The first-order valence-corrected chi connectivity index (χ1v) is 8.18. The Morgan fingerprint density at radius 2 is 1.79 bits per heavy atom. The smallest absolute Gasteiger partial charge is 0.317 e. The first kappa shape index (κ1) is 16.3. The number of carboxylic acid groups (broad SMARTS) is 1. The number of carboxylic acids is 1. The molecule has 0 saturated carbocycles. The van der Waals surface area contributed by atoms with Crippen molar-refractivity contribution in [2.45, 2.75) is 25.3 Å². The molecule has 2 saturated heterocycles. The zero-order valence-corrected chi connectivity index (χ0v) is 13.4. The van der Waals surface area contributed by atoms with Crippen molar-refractivity contribution in [2.24, 2.45) is 5.92 Å². The standard InChI is InChI=1S/C17H21N3O4/c21-15-10-13(11-20(15)14-4-2-1-3-5-14)18-17(24)19-8-6-12(7-9-19)16(22)23/h1-5,12-13H,6-11H2,(H,18,24)(H,22,23). The topological polar surface area (TPSA) is 90.0 Å². The number of anilines is 1. The van der Waals surface area contributed by atoms with Crippen molar-refractivity contribution in [3.05, 3.63) is 30.3 Å². The van der Waals surface area contributed by atoms with Crippen molar-refractivity contribution >= 4 is 23.6 Å². The third-order valence-corrected chi connectivity index (χ3v) is 4.65. The van der Waals surface area contributed by atoms with E-state index in [1.165, 1.54) is 0 Å². The number of nitrogens with one attached hydrogen (secondary N) is 1. The molecule has 2 heterocycles. The number of nitrogens with zero attached hydrogens (tertiary/aromatic N) is 2. The van der Waals surface area contributed by atoms with Gasteiger partial charge < -0.3 is 20.2 Å². The van der Waals surface area contributed by atoms with Gasteiger partial charge in [-0.15, -0.1) is 0 Å². The van der Waals surface area contributed by atoms with Crippen LogP contribution in [0.25, 0.3) is 0 Å². The van der Waals surface area contributed by atoms with Crippen LogP contribution in [0.4, 0.5) is 10.5 Å². The Labute approximate surface area is 140 Å². The molecule has 3 rings (SSSR count). The molecule has 1 aromatic rings. The average Bonchev–Trinajstić information content (AvgIpc) is 2.96. The number of likely N-dealkylation sites (tertiary alicyclic amines) is 1. The quantitative estimate of drug-likeness (QED) is 0.873. The summed E-state index contributed by atoms with van der Waals surface area (Å²) in [6.07, 6.45) is 1.23. The Balaban J connectivity index is 1.53. The van der Waals surface area contributed by atoms with E-state index in [0.29, 0.717) is 32.5 Å². The third kappa shape index (κ3) is 3.50.